The number of benzene rings is 1. The van der Waals surface area contributed by atoms with Crippen LogP contribution in [0.5, 0.6) is 5.75 Å². The smallest absolute Gasteiger partial charge is 0.236 e. The van der Waals surface area contributed by atoms with Crippen LogP contribution < -0.4 is 10.1 Å². The van der Waals surface area contributed by atoms with E-state index in [2.05, 4.69) is 20.5 Å². The summed E-state index contributed by atoms with van der Waals surface area (Å²) in [5.41, 5.74) is 3.48. The number of thiazole rings is 2. The van der Waals surface area contributed by atoms with Gasteiger partial charge in [0, 0.05) is 5.38 Å². The van der Waals surface area contributed by atoms with Crippen molar-refractivity contribution in [1.82, 2.24) is 20.2 Å². The Morgan fingerprint density at radius 3 is 2.68 bits per heavy atom. The average Bonchev–Trinajstić information content (AvgIpc) is 3.37. The number of carbonyl (C=O) groups is 1. The standard InChI is InChI=1S/C21H19N5O2S3/c1-12-10-30-21(22-12)24-17(27)11-29-18-9-8-15(25-26-18)19-13(2)23-20(31-19)14-6-4-5-7-16(14)28-3/h4-10H,11H2,1-3H3,(H,22,24,27). The van der Waals surface area contributed by atoms with Crippen molar-refractivity contribution in [2.75, 3.05) is 18.2 Å². The second kappa shape index (κ2) is 9.54. The molecule has 7 nitrogen and oxygen atoms in total. The third-order valence-electron chi connectivity index (χ3n) is 4.22. The van der Waals surface area contributed by atoms with Crippen molar-refractivity contribution in [3.63, 3.8) is 0 Å². The van der Waals surface area contributed by atoms with E-state index in [4.69, 9.17) is 9.72 Å². The zero-order chi connectivity index (χ0) is 21.8. The van der Waals surface area contributed by atoms with Crippen molar-refractivity contribution >= 4 is 45.5 Å². The van der Waals surface area contributed by atoms with Gasteiger partial charge in [0.2, 0.25) is 5.91 Å². The van der Waals surface area contributed by atoms with E-state index in [0.717, 1.165) is 38.3 Å². The summed E-state index contributed by atoms with van der Waals surface area (Å²) in [5.74, 6) is 0.904. The van der Waals surface area contributed by atoms with Gasteiger partial charge in [-0.25, -0.2) is 9.97 Å². The summed E-state index contributed by atoms with van der Waals surface area (Å²) in [6.45, 7) is 3.85. The van der Waals surface area contributed by atoms with Gasteiger partial charge in [0.25, 0.3) is 0 Å². The molecule has 0 unspecified atom stereocenters. The molecule has 0 fully saturated rings. The molecule has 3 heterocycles. The lowest BCUT2D eigenvalue weighted by Gasteiger charge is -2.04. The van der Waals surface area contributed by atoms with Crippen LogP contribution in [0.15, 0.2) is 46.8 Å². The van der Waals surface area contributed by atoms with Gasteiger partial charge in [-0.2, -0.15) is 0 Å². The minimum Gasteiger partial charge on any atom is -0.496 e. The number of anilines is 1. The third kappa shape index (κ3) is 5.09. The molecule has 31 heavy (non-hydrogen) atoms. The van der Waals surface area contributed by atoms with Crippen LogP contribution in [0, 0.1) is 13.8 Å². The summed E-state index contributed by atoms with van der Waals surface area (Å²) in [6.07, 6.45) is 0. The first-order chi connectivity index (χ1) is 15.0. The molecule has 0 bridgehead atoms. The van der Waals surface area contributed by atoms with Crippen LogP contribution in [0.1, 0.15) is 11.4 Å². The Morgan fingerprint density at radius 1 is 1.13 bits per heavy atom. The number of nitrogens with one attached hydrogen (secondary N) is 1. The van der Waals surface area contributed by atoms with Gasteiger partial charge in [0.1, 0.15) is 21.5 Å². The van der Waals surface area contributed by atoms with E-state index in [1.807, 2.05) is 55.6 Å². The molecule has 10 heteroatoms. The summed E-state index contributed by atoms with van der Waals surface area (Å²) in [6, 6.07) is 11.6. The Kier molecular flexibility index (Phi) is 6.59. The zero-order valence-corrected chi connectivity index (χ0v) is 19.5. The number of hydrogen-bond donors (Lipinski definition) is 1. The number of rotatable bonds is 7. The van der Waals surface area contributed by atoms with Crippen molar-refractivity contribution in [1.29, 1.82) is 0 Å². The number of nitrogens with zero attached hydrogens (tertiary/aromatic N) is 4. The number of amides is 1. The third-order valence-corrected chi connectivity index (χ3v) is 7.23. The first kappa shape index (κ1) is 21.4. The first-order valence-electron chi connectivity index (χ1n) is 9.33. The molecule has 0 saturated carbocycles. The Morgan fingerprint density at radius 2 is 1.97 bits per heavy atom. The van der Waals surface area contributed by atoms with E-state index < -0.39 is 0 Å². The van der Waals surface area contributed by atoms with Crippen LogP contribution in [0.4, 0.5) is 5.13 Å². The lowest BCUT2D eigenvalue weighted by Crippen LogP contribution is -2.14. The van der Waals surface area contributed by atoms with E-state index >= 15 is 0 Å². The summed E-state index contributed by atoms with van der Waals surface area (Å²) < 4.78 is 5.46. The lowest BCUT2D eigenvalue weighted by molar-refractivity contribution is -0.113. The fourth-order valence-electron chi connectivity index (χ4n) is 2.79. The Balaban J connectivity index is 1.43. The van der Waals surface area contributed by atoms with Crippen molar-refractivity contribution in [2.24, 2.45) is 0 Å². The summed E-state index contributed by atoms with van der Waals surface area (Å²) in [7, 11) is 1.65. The second-order valence-electron chi connectivity index (χ2n) is 6.52. The summed E-state index contributed by atoms with van der Waals surface area (Å²) in [4.78, 5) is 22.0. The zero-order valence-electron chi connectivity index (χ0n) is 17.1. The topological polar surface area (TPSA) is 89.9 Å². The molecule has 0 saturated heterocycles. The SMILES string of the molecule is COc1ccccc1-c1nc(C)c(-c2ccc(SCC(=O)Nc3nc(C)cs3)nn2)s1. The number of aryl methyl sites for hydroxylation is 2. The van der Waals surface area contributed by atoms with Crippen LogP contribution in [0.3, 0.4) is 0 Å². The number of ether oxygens (including phenoxy) is 1. The molecule has 0 spiro atoms. The van der Waals surface area contributed by atoms with E-state index in [-0.39, 0.29) is 11.7 Å². The van der Waals surface area contributed by atoms with E-state index in [0.29, 0.717) is 10.2 Å². The quantitative estimate of drug-likeness (QED) is 0.378. The van der Waals surface area contributed by atoms with E-state index in [1.165, 1.54) is 23.1 Å². The molecule has 1 aromatic carbocycles. The Hall–Kier alpha value is -2.82. The maximum atomic E-state index is 12.1. The lowest BCUT2D eigenvalue weighted by atomic mass is 10.2. The second-order valence-corrected chi connectivity index (χ2v) is 9.37. The van der Waals surface area contributed by atoms with Crippen LogP contribution in [0.2, 0.25) is 0 Å². The predicted molar refractivity (Wildman–Crippen MR) is 126 cm³/mol. The molecule has 0 aliphatic heterocycles. The highest BCUT2D eigenvalue weighted by Crippen LogP contribution is 2.38. The molecule has 0 aliphatic rings. The number of thioether (sulfide) groups is 1. The molecule has 1 amide bonds. The van der Waals surface area contributed by atoms with Crippen LogP contribution in [0.25, 0.3) is 21.1 Å². The maximum absolute atomic E-state index is 12.1. The molecule has 4 aromatic rings. The molecule has 0 atom stereocenters. The van der Waals surface area contributed by atoms with Gasteiger partial charge < -0.3 is 10.1 Å². The number of methoxy groups -OCH3 is 1. The minimum atomic E-state index is -0.120. The molecule has 3 aromatic heterocycles. The van der Waals surface area contributed by atoms with Crippen LogP contribution in [-0.4, -0.2) is 38.9 Å². The number of para-hydroxylation sites is 1. The summed E-state index contributed by atoms with van der Waals surface area (Å²) >= 11 is 4.29. The average molecular weight is 470 g/mol. The van der Waals surface area contributed by atoms with E-state index in [9.17, 15) is 4.79 Å². The minimum absolute atomic E-state index is 0.120. The van der Waals surface area contributed by atoms with E-state index in [1.54, 1.807) is 18.4 Å². The van der Waals surface area contributed by atoms with Crippen molar-refractivity contribution in [2.45, 2.75) is 18.9 Å². The highest BCUT2D eigenvalue weighted by atomic mass is 32.2. The van der Waals surface area contributed by atoms with Gasteiger partial charge >= 0.3 is 0 Å². The fourth-order valence-corrected chi connectivity index (χ4v) is 5.17. The molecule has 4 rings (SSSR count). The normalized spacial score (nSPS) is 10.8. The largest absolute Gasteiger partial charge is 0.496 e. The number of carbonyl (C=O) groups excluding carboxylic acids is 1. The molecular formula is C21H19N5O2S3. The van der Waals surface area contributed by atoms with Crippen LogP contribution in [-0.2, 0) is 4.79 Å². The molecular weight excluding hydrogens is 450 g/mol. The van der Waals surface area contributed by atoms with Gasteiger partial charge in [-0.05, 0) is 38.1 Å². The number of aromatic nitrogens is 4. The van der Waals surface area contributed by atoms with Crippen molar-refractivity contribution < 1.29 is 9.53 Å². The van der Waals surface area contributed by atoms with Crippen molar-refractivity contribution in [3.05, 3.63) is 53.2 Å². The molecule has 0 radical (unpaired) electrons. The fraction of sp³-hybridized carbons (Fsp3) is 0.190. The highest BCUT2D eigenvalue weighted by Gasteiger charge is 2.16. The highest BCUT2D eigenvalue weighted by molar-refractivity contribution is 7.99. The maximum Gasteiger partial charge on any atom is 0.236 e. The Labute approximate surface area is 192 Å². The van der Waals surface area contributed by atoms with Gasteiger partial charge in [-0.1, -0.05) is 23.9 Å². The van der Waals surface area contributed by atoms with Gasteiger partial charge in [-0.15, -0.1) is 32.9 Å². The number of hydrogen-bond acceptors (Lipinski definition) is 9. The Bertz CT molecular complexity index is 1200. The molecule has 158 valence electrons. The van der Waals surface area contributed by atoms with Gasteiger partial charge in [-0.3, -0.25) is 4.79 Å². The predicted octanol–water partition coefficient (Wildman–Crippen LogP) is 5.08. The monoisotopic (exact) mass is 469 g/mol. The summed E-state index contributed by atoms with van der Waals surface area (Å²) in [5, 5.41) is 15.5. The van der Waals surface area contributed by atoms with Crippen LogP contribution >= 0.6 is 34.4 Å². The molecule has 0 aliphatic carbocycles. The van der Waals surface area contributed by atoms with Gasteiger partial charge in [0.15, 0.2) is 5.13 Å². The van der Waals surface area contributed by atoms with Gasteiger partial charge in [0.05, 0.1) is 34.7 Å². The molecule has 1 N–H and O–H groups in total. The first-order valence-corrected chi connectivity index (χ1v) is 12.0. The van der Waals surface area contributed by atoms with Crippen molar-refractivity contribution in [3.8, 4) is 26.9 Å².